The molecule has 126 valence electrons. The van der Waals surface area contributed by atoms with E-state index in [1.54, 1.807) is 0 Å². The molecule has 0 radical (unpaired) electrons. The summed E-state index contributed by atoms with van der Waals surface area (Å²) in [5.41, 5.74) is 7.76. The number of nitrogens with two attached hydrogens (primary N) is 1. The first-order chi connectivity index (χ1) is 11.7. The van der Waals surface area contributed by atoms with Crippen LogP contribution in [0.25, 0.3) is 0 Å². The second-order valence-electron chi connectivity index (χ2n) is 5.72. The maximum atomic E-state index is 12.1. The SMILES string of the molecule is NC1O[C@H](COCc2ccccc2)[C@@H](OCc2ccccc2)C1=O. The number of benzene rings is 2. The lowest BCUT2D eigenvalue weighted by Gasteiger charge is -2.18. The van der Waals surface area contributed by atoms with Gasteiger partial charge in [0.25, 0.3) is 0 Å². The Bertz CT molecular complexity index is 647. The van der Waals surface area contributed by atoms with E-state index in [1.165, 1.54) is 0 Å². The largest absolute Gasteiger partial charge is 0.374 e. The molecule has 5 heteroatoms. The van der Waals surface area contributed by atoms with Crippen molar-refractivity contribution >= 4 is 5.78 Å². The fourth-order valence-corrected chi connectivity index (χ4v) is 2.62. The van der Waals surface area contributed by atoms with E-state index in [0.717, 1.165) is 11.1 Å². The first kappa shape index (κ1) is 16.8. The molecule has 0 spiro atoms. The normalized spacial score (nSPS) is 23.5. The number of ether oxygens (including phenoxy) is 3. The predicted molar refractivity (Wildman–Crippen MR) is 89.0 cm³/mol. The van der Waals surface area contributed by atoms with Crippen LogP contribution in [0.2, 0.25) is 0 Å². The monoisotopic (exact) mass is 327 g/mol. The van der Waals surface area contributed by atoms with Crippen LogP contribution >= 0.6 is 0 Å². The van der Waals surface area contributed by atoms with Crippen molar-refractivity contribution in [3.63, 3.8) is 0 Å². The van der Waals surface area contributed by atoms with Crippen LogP contribution in [0, 0.1) is 0 Å². The molecule has 1 saturated heterocycles. The third-order valence-corrected chi connectivity index (χ3v) is 3.89. The minimum absolute atomic E-state index is 0.237. The number of ketones is 1. The topological polar surface area (TPSA) is 70.8 Å². The fraction of sp³-hybridized carbons (Fsp3) is 0.316. The average Bonchev–Trinajstić information content (AvgIpc) is 2.89. The molecule has 1 heterocycles. The van der Waals surface area contributed by atoms with E-state index in [2.05, 4.69) is 0 Å². The van der Waals surface area contributed by atoms with Gasteiger partial charge in [0.05, 0.1) is 19.8 Å². The second kappa shape index (κ2) is 8.17. The Labute approximate surface area is 141 Å². The molecule has 2 aromatic rings. The summed E-state index contributed by atoms with van der Waals surface area (Å²) in [7, 11) is 0. The molecule has 0 saturated carbocycles. The first-order valence-corrected chi connectivity index (χ1v) is 7.96. The van der Waals surface area contributed by atoms with Crippen molar-refractivity contribution in [2.45, 2.75) is 31.6 Å². The smallest absolute Gasteiger partial charge is 0.207 e. The molecule has 0 bridgehead atoms. The number of hydrogen-bond donors (Lipinski definition) is 1. The van der Waals surface area contributed by atoms with Gasteiger partial charge in [-0.3, -0.25) is 10.5 Å². The lowest BCUT2D eigenvalue weighted by atomic mass is 10.1. The fourth-order valence-electron chi connectivity index (χ4n) is 2.62. The molecule has 1 fully saturated rings. The summed E-state index contributed by atoms with van der Waals surface area (Å²) < 4.78 is 16.9. The Kier molecular flexibility index (Phi) is 5.72. The molecule has 24 heavy (non-hydrogen) atoms. The quantitative estimate of drug-likeness (QED) is 0.843. The Morgan fingerprint density at radius 1 is 0.917 bits per heavy atom. The van der Waals surface area contributed by atoms with Crippen LogP contribution in [0.4, 0.5) is 0 Å². The summed E-state index contributed by atoms with van der Waals surface area (Å²) in [5, 5.41) is 0. The molecule has 0 amide bonds. The van der Waals surface area contributed by atoms with E-state index in [9.17, 15) is 4.79 Å². The van der Waals surface area contributed by atoms with Gasteiger partial charge in [0, 0.05) is 0 Å². The molecule has 2 N–H and O–H groups in total. The Morgan fingerprint density at radius 2 is 1.50 bits per heavy atom. The maximum absolute atomic E-state index is 12.1. The van der Waals surface area contributed by atoms with Crippen LogP contribution < -0.4 is 5.73 Å². The molecule has 2 aromatic carbocycles. The summed E-state index contributed by atoms with van der Waals surface area (Å²) >= 11 is 0. The van der Waals surface area contributed by atoms with E-state index in [0.29, 0.717) is 13.2 Å². The van der Waals surface area contributed by atoms with Crippen molar-refractivity contribution < 1.29 is 19.0 Å². The van der Waals surface area contributed by atoms with Crippen LogP contribution in [-0.2, 0) is 32.2 Å². The van der Waals surface area contributed by atoms with E-state index in [4.69, 9.17) is 19.9 Å². The molecule has 3 rings (SSSR count). The van der Waals surface area contributed by atoms with Crippen LogP contribution in [0.3, 0.4) is 0 Å². The summed E-state index contributed by atoms with van der Waals surface area (Å²) in [4.78, 5) is 12.1. The van der Waals surface area contributed by atoms with Crippen molar-refractivity contribution in [2.24, 2.45) is 5.73 Å². The van der Waals surface area contributed by atoms with Gasteiger partial charge in [-0.2, -0.15) is 0 Å². The molecule has 0 aliphatic carbocycles. The van der Waals surface area contributed by atoms with Crippen molar-refractivity contribution in [3.05, 3.63) is 71.8 Å². The van der Waals surface area contributed by atoms with Gasteiger partial charge in [0.2, 0.25) is 5.78 Å². The standard InChI is InChI=1S/C19H21NO4/c20-19-17(21)18(23-12-15-9-5-2-6-10-15)16(24-19)13-22-11-14-7-3-1-4-8-14/h1-10,16,18-19H,11-13,20H2/t16-,18-,19?/m1/s1. The van der Waals surface area contributed by atoms with Gasteiger partial charge in [-0.1, -0.05) is 60.7 Å². The van der Waals surface area contributed by atoms with Gasteiger partial charge in [-0.05, 0) is 11.1 Å². The zero-order valence-electron chi connectivity index (χ0n) is 13.3. The minimum atomic E-state index is -0.948. The van der Waals surface area contributed by atoms with Crippen molar-refractivity contribution in [1.82, 2.24) is 0 Å². The number of Topliss-reactive ketones (excluding diaryl/α,β-unsaturated/α-hetero) is 1. The summed E-state index contributed by atoms with van der Waals surface area (Å²) in [6.07, 6.45) is -2.13. The Hall–Kier alpha value is -2.05. The van der Waals surface area contributed by atoms with E-state index >= 15 is 0 Å². The third-order valence-electron chi connectivity index (χ3n) is 3.89. The molecular weight excluding hydrogens is 306 g/mol. The maximum Gasteiger partial charge on any atom is 0.207 e. The first-order valence-electron chi connectivity index (χ1n) is 7.96. The Balaban J connectivity index is 1.53. The number of hydrogen-bond acceptors (Lipinski definition) is 5. The van der Waals surface area contributed by atoms with Crippen molar-refractivity contribution in [1.29, 1.82) is 0 Å². The molecule has 5 nitrogen and oxygen atoms in total. The average molecular weight is 327 g/mol. The van der Waals surface area contributed by atoms with E-state index in [1.807, 2.05) is 60.7 Å². The van der Waals surface area contributed by atoms with E-state index < -0.39 is 18.4 Å². The third kappa shape index (κ3) is 4.27. The number of carbonyl (C=O) groups is 1. The molecule has 1 unspecified atom stereocenters. The van der Waals surface area contributed by atoms with Crippen LogP contribution in [0.5, 0.6) is 0 Å². The highest BCUT2D eigenvalue weighted by molar-refractivity contribution is 5.89. The van der Waals surface area contributed by atoms with Crippen molar-refractivity contribution in [3.8, 4) is 0 Å². The van der Waals surface area contributed by atoms with Crippen LogP contribution in [0.1, 0.15) is 11.1 Å². The molecule has 1 aliphatic rings. The zero-order valence-corrected chi connectivity index (χ0v) is 13.3. The highest BCUT2D eigenvalue weighted by Gasteiger charge is 2.42. The minimum Gasteiger partial charge on any atom is -0.374 e. The van der Waals surface area contributed by atoms with Gasteiger partial charge < -0.3 is 14.2 Å². The van der Waals surface area contributed by atoms with Gasteiger partial charge in [0.15, 0.2) is 6.23 Å². The molecule has 0 aromatic heterocycles. The highest BCUT2D eigenvalue weighted by Crippen LogP contribution is 2.20. The summed E-state index contributed by atoms with van der Waals surface area (Å²) in [5.74, 6) is -0.237. The molecule has 1 aliphatic heterocycles. The van der Waals surface area contributed by atoms with Gasteiger partial charge in [0.1, 0.15) is 12.2 Å². The predicted octanol–water partition coefficient (Wildman–Crippen LogP) is 2.04. The van der Waals surface area contributed by atoms with Gasteiger partial charge in [-0.15, -0.1) is 0 Å². The van der Waals surface area contributed by atoms with Gasteiger partial charge in [-0.25, -0.2) is 0 Å². The molecular formula is C19H21NO4. The lowest BCUT2D eigenvalue weighted by Crippen LogP contribution is -2.35. The van der Waals surface area contributed by atoms with E-state index in [-0.39, 0.29) is 12.4 Å². The molecule has 3 atom stereocenters. The zero-order chi connectivity index (χ0) is 16.8. The second-order valence-corrected chi connectivity index (χ2v) is 5.72. The lowest BCUT2D eigenvalue weighted by molar-refractivity contribution is -0.130. The number of carbonyl (C=O) groups excluding carboxylic acids is 1. The van der Waals surface area contributed by atoms with Crippen LogP contribution in [-0.4, -0.2) is 30.8 Å². The summed E-state index contributed by atoms with van der Waals surface area (Å²) in [6.45, 7) is 1.05. The van der Waals surface area contributed by atoms with Gasteiger partial charge >= 0.3 is 0 Å². The summed E-state index contributed by atoms with van der Waals surface area (Å²) in [6, 6.07) is 19.5. The van der Waals surface area contributed by atoms with Crippen LogP contribution in [0.15, 0.2) is 60.7 Å². The van der Waals surface area contributed by atoms with Crippen molar-refractivity contribution in [2.75, 3.05) is 6.61 Å². The Morgan fingerprint density at radius 3 is 2.12 bits per heavy atom. The number of rotatable bonds is 7. The highest BCUT2D eigenvalue weighted by atomic mass is 16.6.